The molecule has 1 amide bonds. The lowest BCUT2D eigenvalue weighted by Crippen LogP contribution is -2.50. The fourth-order valence-electron chi connectivity index (χ4n) is 3.11. The van der Waals surface area contributed by atoms with Gasteiger partial charge >= 0.3 is 0 Å². The summed E-state index contributed by atoms with van der Waals surface area (Å²) in [4.78, 5) is 14.3. The lowest BCUT2D eigenvalue weighted by Gasteiger charge is -2.34. The summed E-state index contributed by atoms with van der Waals surface area (Å²) in [7, 11) is -0.827. The molecule has 8 nitrogen and oxygen atoms in total. The van der Waals surface area contributed by atoms with E-state index in [4.69, 9.17) is 9.47 Å². The molecule has 0 atom stereocenters. The number of hydrogen-bond donors (Lipinski definition) is 1. The predicted molar refractivity (Wildman–Crippen MR) is 110 cm³/mol. The Morgan fingerprint density at radius 1 is 1.00 bits per heavy atom. The van der Waals surface area contributed by atoms with Crippen LogP contribution in [0.2, 0.25) is 0 Å². The number of nitrogens with zero attached hydrogens (tertiary/aromatic N) is 2. The van der Waals surface area contributed by atoms with Crippen molar-refractivity contribution in [2.24, 2.45) is 0 Å². The van der Waals surface area contributed by atoms with Crippen LogP contribution in [0, 0.1) is 0 Å². The molecule has 3 rings (SSSR count). The Balaban J connectivity index is 1.74. The molecule has 0 saturated carbocycles. The number of amides is 1. The molecule has 1 fully saturated rings. The minimum atomic E-state index is -3.75. The molecule has 0 radical (unpaired) electrons. The van der Waals surface area contributed by atoms with Gasteiger partial charge in [0.15, 0.2) is 11.5 Å². The van der Waals surface area contributed by atoms with Crippen LogP contribution >= 0.6 is 15.9 Å². The summed E-state index contributed by atoms with van der Waals surface area (Å²) in [5.74, 6) is 0.314. The van der Waals surface area contributed by atoms with E-state index in [-0.39, 0.29) is 48.3 Å². The van der Waals surface area contributed by atoms with Gasteiger partial charge in [-0.3, -0.25) is 4.79 Å². The molecule has 0 bridgehead atoms. The number of carbonyl (C=O) groups is 1. The third kappa shape index (κ3) is 4.34. The van der Waals surface area contributed by atoms with Crippen molar-refractivity contribution in [1.29, 1.82) is 0 Å². The van der Waals surface area contributed by atoms with Crippen LogP contribution in [0.25, 0.3) is 0 Å². The molecular formula is C19H21BrN2O6S. The smallest absolute Gasteiger partial charge is 0.257 e. The second-order valence-corrected chi connectivity index (χ2v) is 9.23. The highest BCUT2D eigenvalue weighted by atomic mass is 79.9. The largest absolute Gasteiger partial charge is 0.507 e. The molecule has 1 aliphatic rings. The highest BCUT2D eigenvalue weighted by Crippen LogP contribution is 2.31. The van der Waals surface area contributed by atoms with Gasteiger partial charge in [-0.25, -0.2) is 8.42 Å². The summed E-state index contributed by atoms with van der Waals surface area (Å²) in [5, 5.41) is 9.96. The van der Waals surface area contributed by atoms with Gasteiger partial charge in [0, 0.05) is 36.7 Å². The van der Waals surface area contributed by atoms with E-state index in [1.807, 2.05) is 0 Å². The van der Waals surface area contributed by atoms with E-state index >= 15 is 0 Å². The fraction of sp³-hybridized carbons (Fsp3) is 0.316. The third-order valence-corrected chi connectivity index (χ3v) is 7.10. The first-order valence-corrected chi connectivity index (χ1v) is 11.0. The van der Waals surface area contributed by atoms with Gasteiger partial charge in [0.25, 0.3) is 5.91 Å². The van der Waals surface area contributed by atoms with E-state index in [2.05, 4.69) is 15.9 Å². The normalized spacial score (nSPS) is 15.2. The molecule has 2 aromatic carbocycles. The number of sulfonamides is 1. The Bertz CT molecular complexity index is 1020. The first-order chi connectivity index (χ1) is 13.8. The second-order valence-electron chi connectivity index (χ2n) is 6.37. The van der Waals surface area contributed by atoms with E-state index in [9.17, 15) is 18.3 Å². The first-order valence-electron chi connectivity index (χ1n) is 8.78. The van der Waals surface area contributed by atoms with E-state index in [0.717, 1.165) is 0 Å². The number of methoxy groups -OCH3 is 2. The molecule has 1 N–H and O–H groups in total. The number of ether oxygens (including phenoxy) is 2. The second kappa shape index (κ2) is 8.60. The molecule has 1 heterocycles. The van der Waals surface area contributed by atoms with Crippen molar-refractivity contribution in [3.8, 4) is 17.2 Å². The van der Waals surface area contributed by atoms with Crippen molar-refractivity contribution in [3.63, 3.8) is 0 Å². The summed E-state index contributed by atoms with van der Waals surface area (Å²) < 4.78 is 38.3. The van der Waals surface area contributed by atoms with Crippen LogP contribution in [0.15, 0.2) is 45.8 Å². The van der Waals surface area contributed by atoms with Gasteiger partial charge < -0.3 is 19.5 Å². The zero-order valence-electron chi connectivity index (χ0n) is 16.0. The molecule has 10 heteroatoms. The zero-order valence-corrected chi connectivity index (χ0v) is 18.4. The predicted octanol–water partition coefficient (Wildman–Crippen LogP) is 2.32. The van der Waals surface area contributed by atoms with Gasteiger partial charge in [-0.15, -0.1) is 0 Å². The average molecular weight is 485 g/mol. The van der Waals surface area contributed by atoms with Gasteiger partial charge in [-0.05, 0) is 30.3 Å². The molecular weight excluding hydrogens is 464 g/mol. The van der Waals surface area contributed by atoms with Crippen LogP contribution in [-0.2, 0) is 10.0 Å². The fourth-order valence-corrected chi connectivity index (χ4v) is 4.91. The Kier molecular flexibility index (Phi) is 6.35. The molecule has 29 heavy (non-hydrogen) atoms. The minimum Gasteiger partial charge on any atom is -0.507 e. The van der Waals surface area contributed by atoms with Gasteiger partial charge in [-0.2, -0.15) is 4.31 Å². The van der Waals surface area contributed by atoms with E-state index in [0.29, 0.717) is 16.0 Å². The number of carbonyl (C=O) groups excluding carboxylic acids is 1. The molecule has 2 aromatic rings. The van der Waals surface area contributed by atoms with Gasteiger partial charge in [0.05, 0.1) is 24.7 Å². The maximum atomic E-state index is 13.0. The van der Waals surface area contributed by atoms with Crippen LogP contribution in [0.3, 0.4) is 0 Å². The van der Waals surface area contributed by atoms with Gasteiger partial charge in [-0.1, -0.05) is 15.9 Å². The highest BCUT2D eigenvalue weighted by Gasteiger charge is 2.31. The van der Waals surface area contributed by atoms with E-state index in [1.54, 1.807) is 18.2 Å². The third-order valence-electron chi connectivity index (χ3n) is 4.71. The summed E-state index contributed by atoms with van der Waals surface area (Å²) in [6.07, 6.45) is 0. The van der Waals surface area contributed by atoms with Crippen molar-refractivity contribution in [1.82, 2.24) is 9.21 Å². The van der Waals surface area contributed by atoms with Crippen molar-refractivity contribution in [3.05, 3.63) is 46.4 Å². The molecule has 0 aliphatic carbocycles. The average Bonchev–Trinajstić information content (AvgIpc) is 2.74. The Labute approximate surface area is 177 Å². The number of benzene rings is 2. The quantitative estimate of drug-likeness (QED) is 0.699. The van der Waals surface area contributed by atoms with Crippen LogP contribution in [0.4, 0.5) is 0 Å². The highest BCUT2D eigenvalue weighted by molar-refractivity contribution is 9.10. The number of piperazine rings is 1. The number of phenolic OH excluding ortho intramolecular Hbond substituents is 1. The first kappa shape index (κ1) is 21.4. The number of aromatic hydroxyl groups is 1. The summed E-state index contributed by atoms with van der Waals surface area (Å²) in [5.41, 5.74) is 0.176. The van der Waals surface area contributed by atoms with Crippen LogP contribution in [0.1, 0.15) is 10.4 Å². The van der Waals surface area contributed by atoms with Crippen molar-refractivity contribution in [2.75, 3.05) is 40.4 Å². The zero-order chi connectivity index (χ0) is 21.2. The summed E-state index contributed by atoms with van der Waals surface area (Å²) >= 11 is 3.28. The Morgan fingerprint density at radius 2 is 1.66 bits per heavy atom. The summed E-state index contributed by atoms with van der Waals surface area (Å²) in [6, 6.07) is 9.06. The maximum Gasteiger partial charge on any atom is 0.257 e. The number of rotatable bonds is 5. The van der Waals surface area contributed by atoms with Crippen molar-refractivity contribution in [2.45, 2.75) is 4.90 Å². The summed E-state index contributed by atoms with van der Waals surface area (Å²) in [6.45, 7) is 0.739. The monoisotopic (exact) mass is 484 g/mol. The topological polar surface area (TPSA) is 96.4 Å². The Hall–Kier alpha value is -2.30. The molecule has 156 valence electrons. The van der Waals surface area contributed by atoms with Crippen molar-refractivity contribution < 1.29 is 27.8 Å². The minimum absolute atomic E-state index is 0.0968. The molecule has 1 saturated heterocycles. The number of halogens is 1. The molecule has 1 aliphatic heterocycles. The van der Waals surface area contributed by atoms with Crippen LogP contribution in [0.5, 0.6) is 17.2 Å². The van der Waals surface area contributed by atoms with Crippen LogP contribution < -0.4 is 9.47 Å². The lowest BCUT2D eigenvalue weighted by molar-refractivity contribution is 0.0694. The SMILES string of the molecule is COc1ccc(S(=O)(=O)N2CCN(C(=O)c3cc(Br)ccc3O)CC2)cc1OC. The Morgan fingerprint density at radius 3 is 2.28 bits per heavy atom. The molecule has 0 aromatic heterocycles. The van der Waals surface area contributed by atoms with E-state index < -0.39 is 10.0 Å². The number of hydrogen-bond acceptors (Lipinski definition) is 6. The van der Waals surface area contributed by atoms with Crippen LogP contribution in [-0.4, -0.2) is 69.0 Å². The van der Waals surface area contributed by atoms with Crippen molar-refractivity contribution >= 4 is 31.9 Å². The van der Waals surface area contributed by atoms with Gasteiger partial charge in [0.1, 0.15) is 5.75 Å². The number of phenols is 1. The molecule has 0 unspecified atom stereocenters. The lowest BCUT2D eigenvalue weighted by atomic mass is 10.1. The van der Waals surface area contributed by atoms with Gasteiger partial charge in [0.2, 0.25) is 10.0 Å². The standard InChI is InChI=1S/C19H21BrN2O6S/c1-27-17-6-4-14(12-18(17)28-2)29(25,26)22-9-7-21(8-10-22)19(24)15-11-13(20)3-5-16(15)23/h3-6,11-12,23H,7-10H2,1-2H3. The maximum absolute atomic E-state index is 13.0. The molecule has 0 spiro atoms. The van der Waals surface area contributed by atoms with E-state index in [1.165, 1.54) is 41.6 Å².